The van der Waals surface area contributed by atoms with Crippen LogP contribution in [-0.2, 0) is 18.4 Å². The molecule has 126 valence electrons. The Labute approximate surface area is 141 Å². The van der Waals surface area contributed by atoms with Gasteiger partial charge in [0.1, 0.15) is 0 Å². The Morgan fingerprint density at radius 3 is 2.79 bits per heavy atom. The first-order valence-electron chi connectivity index (χ1n) is 8.14. The summed E-state index contributed by atoms with van der Waals surface area (Å²) < 4.78 is 1.30. The Bertz CT molecular complexity index is 782. The third kappa shape index (κ3) is 3.64. The van der Waals surface area contributed by atoms with Crippen LogP contribution < -0.4 is 15.8 Å². The molecule has 1 saturated heterocycles. The van der Waals surface area contributed by atoms with Gasteiger partial charge in [-0.15, -0.1) is 0 Å². The van der Waals surface area contributed by atoms with Crippen molar-refractivity contribution in [3.63, 3.8) is 0 Å². The normalized spacial score (nSPS) is 17.1. The molecule has 1 N–H and O–H groups in total. The zero-order valence-corrected chi connectivity index (χ0v) is 14.0. The van der Waals surface area contributed by atoms with Crippen molar-refractivity contribution in [3.05, 3.63) is 58.0 Å². The summed E-state index contributed by atoms with van der Waals surface area (Å²) in [6.07, 6.45) is 2.46. The zero-order valence-electron chi connectivity index (χ0n) is 14.0. The maximum Gasteiger partial charge on any atom is 0.268 e. The molecule has 1 amide bonds. The number of hydrogen-bond donors (Lipinski definition) is 1. The van der Waals surface area contributed by atoms with Crippen LogP contribution in [0, 0.1) is 12.8 Å². The summed E-state index contributed by atoms with van der Waals surface area (Å²) in [7, 11) is 1.62. The molecule has 1 aromatic carbocycles. The first-order chi connectivity index (χ1) is 11.5. The molecule has 0 aliphatic carbocycles. The van der Waals surface area contributed by atoms with Gasteiger partial charge in [-0.2, -0.15) is 5.10 Å². The Morgan fingerprint density at radius 2 is 2.08 bits per heavy atom. The lowest BCUT2D eigenvalue weighted by Gasteiger charge is -2.18. The van der Waals surface area contributed by atoms with Crippen LogP contribution in [0.1, 0.15) is 17.5 Å². The molecule has 0 spiro atoms. The molecule has 3 rings (SSSR count). The average molecular weight is 326 g/mol. The maximum atomic E-state index is 12.4. The number of anilines is 1. The SMILES string of the molecule is Cc1ccc(CNC(=O)C2CCN(c3cnn(C)c(=O)c3)C2)cc1. The number of hydrogen-bond acceptors (Lipinski definition) is 4. The number of rotatable bonds is 4. The van der Waals surface area contributed by atoms with E-state index in [1.54, 1.807) is 19.3 Å². The van der Waals surface area contributed by atoms with Crippen molar-refractivity contribution in [2.75, 3.05) is 18.0 Å². The van der Waals surface area contributed by atoms with Crippen LogP contribution in [0.15, 0.2) is 41.3 Å². The van der Waals surface area contributed by atoms with Gasteiger partial charge in [0.25, 0.3) is 5.56 Å². The molecule has 2 aromatic rings. The van der Waals surface area contributed by atoms with Crippen molar-refractivity contribution in [2.24, 2.45) is 13.0 Å². The summed E-state index contributed by atoms with van der Waals surface area (Å²) in [5, 5.41) is 7.04. The minimum absolute atomic E-state index is 0.0560. The topological polar surface area (TPSA) is 67.2 Å². The van der Waals surface area contributed by atoms with Crippen molar-refractivity contribution in [3.8, 4) is 0 Å². The number of aromatic nitrogens is 2. The summed E-state index contributed by atoms with van der Waals surface area (Å²) in [6.45, 7) is 3.97. The van der Waals surface area contributed by atoms with Gasteiger partial charge < -0.3 is 10.2 Å². The molecule has 0 radical (unpaired) electrons. The van der Waals surface area contributed by atoms with E-state index in [4.69, 9.17) is 0 Å². The Morgan fingerprint density at radius 1 is 1.33 bits per heavy atom. The van der Waals surface area contributed by atoms with Gasteiger partial charge in [-0.1, -0.05) is 29.8 Å². The molecule has 1 aliphatic rings. The molecular formula is C18H22N4O2. The molecule has 1 aliphatic heterocycles. The van der Waals surface area contributed by atoms with Crippen molar-refractivity contribution < 1.29 is 4.79 Å². The minimum atomic E-state index is -0.139. The highest BCUT2D eigenvalue weighted by Gasteiger charge is 2.28. The fourth-order valence-corrected chi connectivity index (χ4v) is 2.88. The van der Waals surface area contributed by atoms with Gasteiger partial charge in [-0.05, 0) is 18.9 Å². The highest BCUT2D eigenvalue weighted by atomic mass is 16.2. The summed E-state index contributed by atoms with van der Waals surface area (Å²) in [5.41, 5.74) is 2.95. The van der Waals surface area contributed by atoms with Gasteiger partial charge in [0.15, 0.2) is 0 Å². The molecular weight excluding hydrogens is 304 g/mol. The van der Waals surface area contributed by atoms with Crippen LogP contribution in [0.3, 0.4) is 0 Å². The first kappa shape index (κ1) is 16.2. The lowest BCUT2D eigenvalue weighted by atomic mass is 10.1. The van der Waals surface area contributed by atoms with Crippen molar-refractivity contribution in [1.29, 1.82) is 0 Å². The number of carbonyl (C=O) groups excluding carboxylic acids is 1. The van der Waals surface area contributed by atoms with E-state index >= 15 is 0 Å². The average Bonchev–Trinajstić information content (AvgIpc) is 3.07. The minimum Gasteiger partial charge on any atom is -0.369 e. The van der Waals surface area contributed by atoms with E-state index in [1.807, 2.05) is 36.1 Å². The molecule has 24 heavy (non-hydrogen) atoms. The van der Waals surface area contributed by atoms with Crippen molar-refractivity contribution >= 4 is 11.6 Å². The summed E-state index contributed by atoms with van der Waals surface area (Å²) in [5.74, 6) is 0.00868. The van der Waals surface area contributed by atoms with Gasteiger partial charge >= 0.3 is 0 Å². The highest BCUT2D eigenvalue weighted by Crippen LogP contribution is 2.22. The third-order valence-electron chi connectivity index (χ3n) is 4.47. The van der Waals surface area contributed by atoms with E-state index in [1.165, 1.54) is 10.2 Å². The molecule has 1 fully saturated rings. The molecule has 1 atom stereocenters. The number of benzene rings is 1. The van der Waals surface area contributed by atoms with Gasteiger partial charge in [0.05, 0.1) is 17.8 Å². The summed E-state index contributed by atoms with van der Waals surface area (Å²) in [4.78, 5) is 26.1. The standard InChI is InChI=1S/C18H22N4O2/c1-13-3-5-14(6-4-13)10-19-18(24)15-7-8-22(12-15)16-9-17(23)21(2)20-11-16/h3-6,9,11,15H,7-8,10,12H2,1-2H3,(H,19,24). The lowest BCUT2D eigenvalue weighted by molar-refractivity contribution is -0.124. The van der Waals surface area contributed by atoms with E-state index in [-0.39, 0.29) is 17.4 Å². The van der Waals surface area contributed by atoms with E-state index in [2.05, 4.69) is 10.4 Å². The molecule has 1 unspecified atom stereocenters. The molecule has 0 bridgehead atoms. The number of amides is 1. The van der Waals surface area contributed by atoms with Crippen LogP contribution >= 0.6 is 0 Å². The predicted molar refractivity (Wildman–Crippen MR) is 92.8 cm³/mol. The predicted octanol–water partition coefficient (Wildman–Crippen LogP) is 1.23. The van der Waals surface area contributed by atoms with Crippen molar-refractivity contribution in [1.82, 2.24) is 15.1 Å². The van der Waals surface area contributed by atoms with Gasteiger partial charge in [0, 0.05) is 32.7 Å². The summed E-state index contributed by atoms with van der Waals surface area (Å²) >= 11 is 0. The molecule has 1 aromatic heterocycles. The van der Waals surface area contributed by atoms with Crippen LogP contribution in [0.25, 0.3) is 0 Å². The number of carbonyl (C=O) groups is 1. The second kappa shape index (κ2) is 6.86. The van der Waals surface area contributed by atoms with E-state index in [0.717, 1.165) is 24.2 Å². The van der Waals surface area contributed by atoms with E-state index in [0.29, 0.717) is 13.1 Å². The highest BCUT2D eigenvalue weighted by molar-refractivity contribution is 5.80. The Kier molecular flexibility index (Phi) is 4.64. The molecule has 0 saturated carbocycles. The van der Waals surface area contributed by atoms with Crippen LogP contribution in [0.5, 0.6) is 0 Å². The fourth-order valence-electron chi connectivity index (χ4n) is 2.88. The monoisotopic (exact) mass is 326 g/mol. The maximum absolute atomic E-state index is 12.4. The molecule has 6 nitrogen and oxygen atoms in total. The lowest BCUT2D eigenvalue weighted by Crippen LogP contribution is -2.32. The first-order valence-corrected chi connectivity index (χ1v) is 8.14. The molecule has 2 heterocycles. The fraction of sp³-hybridized carbons (Fsp3) is 0.389. The second-order valence-electron chi connectivity index (χ2n) is 6.31. The van der Waals surface area contributed by atoms with Gasteiger partial charge in [0.2, 0.25) is 5.91 Å². The number of nitrogens with one attached hydrogen (secondary N) is 1. The van der Waals surface area contributed by atoms with Crippen LogP contribution in [0.2, 0.25) is 0 Å². The Balaban J connectivity index is 1.56. The van der Waals surface area contributed by atoms with Crippen LogP contribution in [0.4, 0.5) is 5.69 Å². The van der Waals surface area contributed by atoms with E-state index in [9.17, 15) is 9.59 Å². The van der Waals surface area contributed by atoms with E-state index < -0.39 is 0 Å². The smallest absolute Gasteiger partial charge is 0.268 e. The largest absolute Gasteiger partial charge is 0.369 e. The summed E-state index contributed by atoms with van der Waals surface area (Å²) in [6, 6.07) is 9.72. The quantitative estimate of drug-likeness (QED) is 0.918. The number of aryl methyl sites for hydroxylation is 2. The third-order valence-corrected chi connectivity index (χ3v) is 4.47. The van der Waals surface area contributed by atoms with Gasteiger partial charge in [-0.3, -0.25) is 9.59 Å². The number of nitrogens with zero attached hydrogens (tertiary/aromatic N) is 3. The van der Waals surface area contributed by atoms with Gasteiger partial charge in [-0.25, -0.2) is 4.68 Å². The van der Waals surface area contributed by atoms with Crippen LogP contribution in [-0.4, -0.2) is 28.8 Å². The second-order valence-corrected chi connectivity index (χ2v) is 6.31. The zero-order chi connectivity index (χ0) is 17.1. The van der Waals surface area contributed by atoms with Crippen molar-refractivity contribution in [2.45, 2.75) is 19.9 Å². The Hall–Kier alpha value is -2.63. The molecule has 6 heteroatoms.